The van der Waals surface area contributed by atoms with E-state index < -0.39 is 11.8 Å². The Hall–Kier alpha value is -4.29. The summed E-state index contributed by atoms with van der Waals surface area (Å²) in [5.41, 5.74) is 3.68. The number of thioether (sulfide) groups is 1. The average molecular weight is 827 g/mol. The van der Waals surface area contributed by atoms with Crippen molar-refractivity contribution in [2.24, 2.45) is 22.9 Å². The van der Waals surface area contributed by atoms with E-state index in [1.165, 1.54) is 4.90 Å². The van der Waals surface area contributed by atoms with E-state index in [9.17, 15) is 15.0 Å². The molecule has 11 heteroatoms. The molecule has 6 atom stereocenters. The Kier molecular flexibility index (Phi) is 16.4. The molecule has 1 amide bonds. The topological polar surface area (TPSA) is 119 Å². The Labute approximate surface area is 354 Å². The second-order valence-electron chi connectivity index (χ2n) is 15.6. The number of hydrogen-bond donors (Lipinski definition) is 2. The van der Waals surface area contributed by atoms with Crippen LogP contribution in [0.1, 0.15) is 75.3 Å². The number of oxime groups is 1. The first-order chi connectivity index (χ1) is 28.9. The number of amides is 1. The molecule has 6 rings (SSSR count). The third kappa shape index (κ3) is 10.4. The van der Waals surface area contributed by atoms with Gasteiger partial charge in [-0.2, -0.15) is 0 Å². The monoisotopic (exact) mass is 826 g/mol. The summed E-state index contributed by atoms with van der Waals surface area (Å²) in [4.78, 5) is 23.5. The minimum Gasteiger partial charge on any atom is -0.497 e. The molecule has 3 aromatic carbocycles. The predicted octanol–water partition coefficient (Wildman–Crippen LogP) is 8.61. The van der Waals surface area contributed by atoms with Crippen LogP contribution < -0.4 is 14.2 Å². The number of unbranched alkanes of at least 4 members (excludes halogenated alkanes) is 2. The number of benzene rings is 3. The molecule has 10 nitrogen and oxygen atoms in total. The van der Waals surface area contributed by atoms with Gasteiger partial charge in [-0.3, -0.25) is 4.79 Å². The number of rotatable bonds is 23. The number of allylic oxidation sites excluding steroid dienone is 1. The van der Waals surface area contributed by atoms with Gasteiger partial charge >= 0.3 is 0 Å². The van der Waals surface area contributed by atoms with Crippen LogP contribution >= 0.6 is 11.8 Å². The van der Waals surface area contributed by atoms with Crippen LogP contribution in [0.25, 0.3) is 0 Å². The lowest BCUT2D eigenvalue weighted by molar-refractivity contribution is -0.257. The van der Waals surface area contributed by atoms with E-state index in [0.717, 1.165) is 66.0 Å². The quantitative estimate of drug-likeness (QED) is 0.0420. The largest absolute Gasteiger partial charge is 0.497 e. The summed E-state index contributed by atoms with van der Waals surface area (Å²) in [5, 5.41) is 24.5. The molecule has 2 N–H and O–H groups in total. The summed E-state index contributed by atoms with van der Waals surface area (Å²) in [5.74, 6) is 1.39. The van der Waals surface area contributed by atoms with E-state index in [2.05, 4.69) is 37.8 Å². The summed E-state index contributed by atoms with van der Waals surface area (Å²) in [6.45, 7) is 7.60. The number of fused-ring (bicyclic) bond motifs is 2. The third-order valence-corrected chi connectivity index (χ3v) is 12.8. The number of carbonyl (C=O) groups excluding carboxylic acids is 1. The van der Waals surface area contributed by atoms with Crippen LogP contribution in [0.2, 0.25) is 0 Å². The molecule has 1 fully saturated rings. The van der Waals surface area contributed by atoms with Crippen molar-refractivity contribution in [1.82, 2.24) is 4.90 Å². The molecule has 318 valence electrons. The number of aliphatic hydroxyl groups excluding tert-OH is 2. The number of carbonyl (C=O) groups is 1. The Morgan fingerprint density at radius 1 is 1.00 bits per heavy atom. The minimum absolute atomic E-state index is 0.0452. The van der Waals surface area contributed by atoms with Crippen molar-refractivity contribution in [1.29, 1.82) is 0 Å². The Morgan fingerprint density at radius 3 is 2.53 bits per heavy atom. The van der Waals surface area contributed by atoms with Gasteiger partial charge in [-0.05, 0) is 97.5 Å². The Bertz CT molecular complexity index is 1890. The van der Waals surface area contributed by atoms with Crippen molar-refractivity contribution < 1.29 is 38.8 Å². The molecule has 0 saturated heterocycles. The van der Waals surface area contributed by atoms with Crippen LogP contribution in [-0.4, -0.2) is 91.5 Å². The molecule has 0 unspecified atom stereocenters. The van der Waals surface area contributed by atoms with Crippen LogP contribution in [-0.2, 0) is 20.8 Å². The van der Waals surface area contributed by atoms with Gasteiger partial charge in [0, 0.05) is 48.3 Å². The van der Waals surface area contributed by atoms with Crippen LogP contribution in [0.5, 0.6) is 17.2 Å². The first-order valence-electron chi connectivity index (χ1n) is 21.3. The molecule has 1 heterocycles. The fraction of sp³-hybridized carbons (Fsp3) is 0.500. The van der Waals surface area contributed by atoms with Gasteiger partial charge in [0.25, 0.3) is 0 Å². The first-order valence-corrected chi connectivity index (χ1v) is 22.2. The minimum atomic E-state index is -1.30. The zero-order chi connectivity index (χ0) is 41.6. The summed E-state index contributed by atoms with van der Waals surface area (Å²) in [6.07, 6.45) is 10.2. The Morgan fingerprint density at radius 2 is 1.80 bits per heavy atom. The molecule has 59 heavy (non-hydrogen) atoms. The second kappa shape index (κ2) is 21.8. The zero-order valence-corrected chi connectivity index (χ0v) is 35.7. The smallest absolute Gasteiger partial charge is 0.239 e. The van der Waals surface area contributed by atoms with Crippen LogP contribution in [0.4, 0.5) is 0 Å². The zero-order valence-electron chi connectivity index (χ0n) is 34.9. The van der Waals surface area contributed by atoms with E-state index in [0.29, 0.717) is 43.9 Å². The molecule has 2 aliphatic carbocycles. The molecular weight excluding hydrogens is 765 g/mol. The van der Waals surface area contributed by atoms with Crippen molar-refractivity contribution in [2.75, 3.05) is 52.9 Å². The molecule has 0 bridgehead atoms. The van der Waals surface area contributed by atoms with Crippen molar-refractivity contribution >= 4 is 23.4 Å². The van der Waals surface area contributed by atoms with Crippen molar-refractivity contribution in [3.63, 3.8) is 0 Å². The van der Waals surface area contributed by atoms with E-state index in [1.807, 2.05) is 59.5 Å². The molecule has 0 spiro atoms. The molecule has 3 aliphatic rings. The molecular formula is C48H62N2O8S. The lowest BCUT2D eigenvalue weighted by Gasteiger charge is -2.60. The molecule has 0 radical (unpaired) electrons. The van der Waals surface area contributed by atoms with Crippen molar-refractivity contribution in [2.45, 2.75) is 87.4 Å². The van der Waals surface area contributed by atoms with Gasteiger partial charge in [0.2, 0.25) is 11.7 Å². The fourth-order valence-corrected chi connectivity index (χ4v) is 10.2. The molecule has 0 aromatic heterocycles. The Balaban J connectivity index is 1.48. The van der Waals surface area contributed by atoms with Crippen molar-refractivity contribution in [3.8, 4) is 17.2 Å². The normalized spacial score (nSPS) is 23.6. The van der Waals surface area contributed by atoms with Crippen LogP contribution in [0.15, 0.2) is 107 Å². The molecule has 1 aliphatic heterocycles. The summed E-state index contributed by atoms with van der Waals surface area (Å²) in [7, 11) is 3.20. The van der Waals surface area contributed by atoms with Gasteiger partial charge in [-0.25, -0.2) is 0 Å². The van der Waals surface area contributed by atoms with Gasteiger partial charge in [0.15, 0.2) is 0 Å². The highest BCUT2D eigenvalue weighted by molar-refractivity contribution is 7.99. The van der Waals surface area contributed by atoms with Crippen molar-refractivity contribution in [3.05, 3.63) is 108 Å². The van der Waals surface area contributed by atoms with E-state index in [1.54, 1.807) is 32.1 Å². The van der Waals surface area contributed by atoms with Crippen LogP contribution in [0.3, 0.4) is 0 Å². The van der Waals surface area contributed by atoms with Gasteiger partial charge in [0.05, 0.1) is 38.4 Å². The van der Waals surface area contributed by atoms with E-state index in [-0.39, 0.29) is 55.8 Å². The molecule has 3 aromatic rings. The first kappa shape index (κ1) is 44.3. The summed E-state index contributed by atoms with van der Waals surface area (Å²) < 4.78 is 26.4. The average Bonchev–Trinajstić information content (AvgIpc) is 3.25. The maximum Gasteiger partial charge on any atom is 0.239 e. The third-order valence-electron chi connectivity index (χ3n) is 11.9. The highest BCUT2D eigenvalue weighted by Gasteiger charge is 2.65. The maximum atomic E-state index is 14.8. The van der Waals surface area contributed by atoms with Gasteiger partial charge in [-0.15, -0.1) is 18.3 Å². The predicted molar refractivity (Wildman–Crippen MR) is 233 cm³/mol. The fourth-order valence-electron chi connectivity index (χ4n) is 9.44. The highest BCUT2D eigenvalue weighted by atomic mass is 32.2. The summed E-state index contributed by atoms with van der Waals surface area (Å²) in [6, 6.07) is 23.5. The molecule has 1 saturated carbocycles. The van der Waals surface area contributed by atoms with E-state index in [4.69, 9.17) is 28.9 Å². The lowest BCUT2D eigenvalue weighted by atomic mass is 9.55. The van der Waals surface area contributed by atoms with Gasteiger partial charge in [0.1, 0.15) is 30.4 Å². The standard InChI is InChI=1S/C48H62N2O8S/c1-5-23-50(45(53)30-34-15-14-17-36(29-34)54-3)44-33-42(49-55-4)40-31-35(16-10-12-24-51)39(20-11-13-25-52)46-41-32-37(56-27-28-59-38-18-8-7-9-19-38)21-22-43(41)58-48(44,47(40)46)57-26-6-2/h6-9,14-15,17-19,21-22,29,31-32,35,39,44,46-47,51-52H,2,5,10-13,16,20,23-28,30,33H2,1,3-4H3/t35-,39+,44-,46+,47+,48+/m0/s1. The summed E-state index contributed by atoms with van der Waals surface area (Å²) >= 11 is 1.76. The van der Waals surface area contributed by atoms with Crippen LogP contribution in [0, 0.1) is 17.8 Å². The van der Waals surface area contributed by atoms with E-state index >= 15 is 0 Å². The van der Waals surface area contributed by atoms with Gasteiger partial charge in [-0.1, -0.05) is 67.4 Å². The highest BCUT2D eigenvalue weighted by Crippen LogP contribution is 2.62. The number of methoxy groups -OCH3 is 1. The lowest BCUT2D eigenvalue weighted by Crippen LogP contribution is -2.70. The SMILES string of the molecule is C=CCO[C@@]12Oc3ccc(OCCSc4ccccc4)cc3[C@H]3[C@H](CCCCO)[C@@H](CCCCO)C=C(C(=NOC)C[C@@H]1N(CCC)C(=O)Cc1cccc(OC)c1)[C@H]32. The van der Waals surface area contributed by atoms with Gasteiger partial charge < -0.3 is 38.9 Å². The second-order valence-corrected chi connectivity index (χ2v) is 16.7. The number of aliphatic hydroxyl groups is 2. The number of hydrogen-bond acceptors (Lipinski definition) is 10. The number of ether oxygens (including phenoxy) is 4. The maximum absolute atomic E-state index is 14.8. The number of nitrogens with zero attached hydrogens (tertiary/aromatic N) is 2.